The largest absolute Gasteiger partial charge is 0.485 e. The Balaban J connectivity index is 1.11. The highest BCUT2D eigenvalue weighted by Crippen LogP contribution is 2.47. The van der Waals surface area contributed by atoms with E-state index in [-0.39, 0.29) is 12.0 Å². The van der Waals surface area contributed by atoms with E-state index in [2.05, 4.69) is 196 Å². The smallest absolute Gasteiger partial charge is 0.137 e. The lowest BCUT2D eigenvalue weighted by molar-refractivity contribution is 0.269. The first-order chi connectivity index (χ1) is 28.8. The molecule has 0 bridgehead atoms. The maximum absolute atomic E-state index is 6.30. The summed E-state index contributed by atoms with van der Waals surface area (Å²) in [6.45, 7) is 0. The molecular formula is C53H34N4O. The van der Waals surface area contributed by atoms with Crippen molar-refractivity contribution in [3.8, 4) is 22.9 Å². The number of aromatic nitrogens is 4. The van der Waals surface area contributed by atoms with Crippen LogP contribution in [0.1, 0.15) is 17.0 Å². The van der Waals surface area contributed by atoms with Gasteiger partial charge in [-0.2, -0.15) is 0 Å². The first-order valence-electron chi connectivity index (χ1n) is 20.0. The number of hydrogen-bond donors (Lipinski definition) is 0. The Hall–Kier alpha value is -7.63. The summed E-state index contributed by atoms with van der Waals surface area (Å²) >= 11 is 0. The second-order valence-corrected chi connectivity index (χ2v) is 15.5. The number of para-hydroxylation sites is 4. The lowest BCUT2D eigenvalue weighted by Crippen LogP contribution is -2.17. The van der Waals surface area contributed by atoms with Crippen molar-refractivity contribution in [3.05, 3.63) is 205 Å². The lowest BCUT2D eigenvalue weighted by atomic mass is 9.87. The molecule has 0 spiro atoms. The minimum Gasteiger partial charge on any atom is -0.485 e. The summed E-state index contributed by atoms with van der Waals surface area (Å²) in [7, 11) is 0. The average Bonchev–Trinajstić information content (AvgIpc) is 4.03. The molecule has 7 aromatic carbocycles. The fourth-order valence-corrected chi connectivity index (χ4v) is 10.0. The Morgan fingerprint density at radius 2 is 1.14 bits per heavy atom. The molecule has 5 heteroatoms. The van der Waals surface area contributed by atoms with Crippen molar-refractivity contribution in [2.45, 2.75) is 12.0 Å². The molecule has 0 fully saturated rings. The summed E-state index contributed by atoms with van der Waals surface area (Å²) in [6.07, 6.45) is 8.74. The van der Waals surface area contributed by atoms with Crippen molar-refractivity contribution >= 4 is 71.0 Å². The molecule has 1 aliphatic heterocycles. The van der Waals surface area contributed by atoms with Gasteiger partial charge in [0.15, 0.2) is 0 Å². The van der Waals surface area contributed by atoms with Crippen LogP contribution in [-0.4, -0.2) is 24.8 Å². The van der Waals surface area contributed by atoms with Crippen LogP contribution in [0.3, 0.4) is 0 Å². The molecule has 0 saturated carbocycles. The predicted molar refractivity (Wildman–Crippen MR) is 238 cm³/mol. The van der Waals surface area contributed by atoms with E-state index < -0.39 is 0 Å². The molecule has 0 N–H and O–H groups in total. The number of hydrogen-bond acceptors (Lipinski definition) is 2. The summed E-state index contributed by atoms with van der Waals surface area (Å²) in [6, 6.07) is 61.3. The van der Waals surface area contributed by atoms with Gasteiger partial charge in [0.1, 0.15) is 17.7 Å². The maximum atomic E-state index is 6.30. The minimum atomic E-state index is 0.0354. The van der Waals surface area contributed by atoms with E-state index in [1.807, 2.05) is 12.3 Å². The highest BCUT2D eigenvalue weighted by molar-refractivity contribution is 6.31. The molecule has 11 aromatic rings. The molecule has 272 valence electrons. The van der Waals surface area contributed by atoms with Gasteiger partial charge in [-0.25, -0.2) is 4.98 Å². The van der Waals surface area contributed by atoms with Crippen LogP contribution >= 0.6 is 0 Å². The SMILES string of the molecule is C1=CC2Oc3ccccc3C2C=C1c1cccc(-n2c3ccccc3c3c2ccc2c4ccc5c(c6ccccc6n5-c5ccccn5)c4n(-c4ccccc4)c23)c1. The molecule has 2 unspecified atom stereocenters. The summed E-state index contributed by atoms with van der Waals surface area (Å²) in [5.74, 6) is 2.09. The normalized spacial score (nSPS) is 16.1. The van der Waals surface area contributed by atoms with Gasteiger partial charge in [0.05, 0.1) is 33.1 Å². The van der Waals surface area contributed by atoms with Crippen LogP contribution in [-0.2, 0) is 0 Å². The summed E-state index contributed by atoms with van der Waals surface area (Å²) in [5, 5.41) is 7.33. The monoisotopic (exact) mass is 742 g/mol. The standard InChI is InChI=1S/C53H34N4O/c1-2-14-35(15-3-1)56-52-38(39-26-28-46-51(53(39)56)41-19-5-8-21-44(41)57(46)49-23-10-11-30-54-49)25-27-45-50(52)40-18-4-7-20-43(40)55(45)36-16-12-13-33(31-36)34-24-29-48-42(32-34)37-17-6-9-22-47(37)58-48/h1-32,42,48H. The fourth-order valence-electron chi connectivity index (χ4n) is 10.0. The van der Waals surface area contributed by atoms with Crippen LogP contribution in [0.4, 0.5) is 0 Å². The molecule has 0 amide bonds. The van der Waals surface area contributed by atoms with Crippen LogP contribution in [0, 0.1) is 0 Å². The molecule has 5 heterocycles. The van der Waals surface area contributed by atoms with Crippen molar-refractivity contribution in [2.75, 3.05) is 0 Å². The zero-order chi connectivity index (χ0) is 37.9. The van der Waals surface area contributed by atoms with Gasteiger partial charge in [0, 0.05) is 61.4 Å². The zero-order valence-corrected chi connectivity index (χ0v) is 31.3. The quantitative estimate of drug-likeness (QED) is 0.180. The topological polar surface area (TPSA) is 36.9 Å². The lowest BCUT2D eigenvalue weighted by Gasteiger charge is -2.19. The van der Waals surface area contributed by atoms with Gasteiger partial charge in [-0.05, 0) is 83.9 Å². The number of rotatable bonds is 4. The third kappa shape index (κ3) is 4.33. The van der Waals surface area contributed by atoms with Crippen molar-refractivity contribution < 1.29 is 4.74 Å². The number of fused-ring (bicyclic) bond motifs is 14. The van der Waals surface area contributed by atoms with E-state index in [9.17, 15) is 0 Å². The molecule has 2 aliphatic rings. The van der Waals surface area contributed by atoms with Gasteiger partial charge >= 0.3 is 0 Å². The van der Waals surface area contributed by atoms with Gasteiger partial charge in [-0.15, -0.1) is 0 Å². The van der Waals surface area contributed by atoms with E-state index in [1.54, 1.807) is 0 Å². The third-order valence-corrected chi connectivity index (χ3v) is 12.4. The molecule has 4 aromatic heterocycles. The predicted octanol–water partition coefficient (Wildman–Crippen LogP) is 12.9. The molecule has 13 rings (SSSR count). The first-order valence-corrected chi connectivity index (χ1v) is 20.0. The number of benzene rings is 7. The van der Waals surface area contributed by atoms with Crippen LogP contribution in [0.25, 0.3) is 88.2 Å². The Bertz CT molecular complexity index is 3550. The molecular weight excluding hydrogens is 709 g/mol. The number of nitrogens with zero attached hydrogens (tertiary/aromatic N) is 4. The van der Waals surface area contributed by atoms with Crippen LogP contribution in [0.15, 0.2) is 194 Å². The van der Waals surface area contributed by atoms with Gasteiger partial charge < -0.3 is 13.9 Å². The van der Waals surface area contributed by atoms with E-state index in [0.29, 0.717) is 0 Å². The molecule has 2 atom stereocenters. The average molecular weight is 743 g/mol. The van der Waals surface area contributed by atoms with E-state index in [0.717, 1.165) is 34.0 Å². The Morgan fingerprint density at radius 3 is 1.90 bits per heavy atom. The summed E-state index contributed by atoms with van der Waals surface area (Å²) in [5.41, 5.74) is 12.9. The number of ether oxygens (including phenoxy) is 1. The molecule has 0 radical (unpaired) electrons. The zero-order valence-electron chi connectivity index (χ0n) is 31.3. The molecule has 5 nitrogen and oxygen atoms in total. The minimum absolute atomic E-state index is 0.0354. The number of pyridine rings is 1. The van der Waals surface area contributed by atoms with Crippen molar-refractivity contribution in [1.82, 2.24) is 18.7 Å². The van der Waals surface area contributed by atoms with E-state index in [4.69, 9.17) is 9.72 Å². The second-order valence-electron chi connectivity index (χ2n) is 15.5. The van der Waals surface area contributed by atoms with Crippen molar-refractivity contribution in [3.63, 3.8) is 0 Å². The van der Waals surface area contributed by atoms with Gasteiger partial charge in [0.2, 0.25) is 0 Å². The Morgan fingerprint density at radius 1 is 0.483 bits per heavy atom. The highest BCUT2D eigenvalue weighted by atomic mass is 16.5. The molecule has 1 aliphatic carbocycles. The van der Waals surface area contributed by atoms with Crippen LogP contribution < -0.4 is 4.74 Å². The van der Waals surface area contributed by atoms with Gasteiger partial charge in [-0.3, -0.25) is 4.57 Å². The third-order valence-electron chi connectivity index (χ3n) is 12.4. The highest BCUT2D eigenvalue weighted by Gasteiger charge is 2.33. The van der Waals surface area contributed by atoms with Crippen molar-refractivity contribution in [2.24, 2.45) is 0 Å². The van der Waals surface area contributed by atoms with Crippen LogP contribution in [0.2, 0.25) is 0 Å². The molecule has 58 heavy (non-hydrogen) atoms. The summed E-state index contributed by atoms with van der Waals surface area (Å²) < 4.78 is 13.6. The fraction of sp³-hybridized carbons (Fsp3) is 0.0377. The summed E-state index contributed by atoms with van der Waals surface area (Å²) in [4.78, 5) is 4.83. The molecule has 0 saturated heterocycles. The Labute approximate surface area is 333 Å². The van der Waals surface area contributed by atoms with Crippen LogP contribution in [0.5, 0.6) is 5.75 Å². The van der Waals surface area contributed by atoms with Crippen molar-refractivity contribution in [1.29, 1.82) is 0 Å². The number of allylic oxidation sites excluding steroid dienone is 2. The second kappa shape index (κ2) is 11.9. The van der Waals surface area contributed by atoms with E-state index in [1.165, 1.54) is 71.1 Å². The first kappa shape index (κ1) is 31.6. The van der Waals surface area contributed by atoms with Gasteiger partial charge in [-0.1, -0.05) is 115 Å². The maximum Gasteiger partial charge on any atom is 0.137 e. The van der Waals surface area contributed by atoms with Gasteiger partial charge in [0.25, 0.3) is 0 Å². The van der Waals surface area contributed by atoms with E-state index >= 15 is 0 Å². The Kier molecular flexibility index (Phi) is 6.50.